The van der Waals surface area contributed by atoms with Gasteiger partial charge in [0.05, 0.1) is 11.2 Å². The highest BCUT2D eigenvalue weighted by atomic mass is 16.7. The summed E-state index contributed by atoms with van der Waals surface area (Å²) in [6, 6.07) is -0.629. The van der Waals surface area contributed by atoms with Crippen molar-refractivity contribution in [1.82, 2.24) is 20.6 Å². The smallest absolute Gasteiger partial charge is 0.444 e. The molecule has 2 atom stereocenters. The number of aromatic nitrogens is 2. The summed E-state index contributed by atoms with van der Waals surface area (Å²) in [5.41, 5.74) is -0.721. The number of nitrogens with zero attached hydrogens (tertiary/aromatic N) is 3. The van der Waals surface area contributed by atoms with E-state index in [9.17, 15) is 9.59 Å². The first-order valence-electron chi connectivity index (χ1n) is 12.8. The average molecular weight is 503 g/mol. The molecule has 2 fully saturated rings. The third kappa shape index (κ3) is 6.67. The molecule has 0 saturated carbocycles. The molecule has 2 aliphatic heterocycles. The Morgan fingerprint density at radius 3 is 2.28 bits per heavy atom. The van der Waals surface area contributed by atoms with E-state index in [0.717, 1.165) is 24.8 Å². The Bertz CT molecular complexity index is 916. The van der Waals surface area contributed by atoms with Crippen molar-refractivity contribution in [3.8, 4) is 0 Å². The van der Waals surface area contributed by atoms with Crippen LogP contribution < -0.4 is 21.0 Å². The molecule has 200 valence electrons. The van der Waals surface area contributed by atoms with E-state index < -0.39 is 36.1 Å². The maximum Gasteiger partial charge on any atom is 0.498 e. The molecule has 36 heavy (non-hydrogen) atoms. The highest BCUT2D eigenvalue weighted by Crippen LogP contribution is 2.36. The molecule has 0 aromatic carbocycles. The Hall–Kier alpha value is -2.40. The zero-order chi connectivity index (χ0) is 26.9. The average Bonchev–Trinajstić information content (AvgIpc) is 3.30. The number of alkyl carbamates (subject to hydrolysis) is 1. The van der Waals surface area contributed by atoms with E-state index >= 15 is 0 Å². The van der Waals surface area contributed by atoms with Gasteiger partial charge in [0.1, 0.15) is 11.6 Å². The van der Waals surface area contributed by atoms with Crippen molar-refractivity contribution < 1.29 is 23.6 Å². The van der Waals surface area contributed by atoms with Crippen LogP contribution in [0.1, 0.15) is 75.2 Å². The molecule has 0 unspecified atom stereocenters. The van der Waals surface area contributed by atoms with Crippen LogP contribution >= 0.6 is 0 Å². The molecule has 2 aliphatic rings. The van der Waals surface area contributed by atoms with Gasteiger partial charge in [-0.05, 0) is 67.2 Å². The topological polar surface area (TPSA) is 115 Å². The number of rotatable bonds is 7. The lowest BCUT2D eigenvalue weighted by atomic mass is 9.81. The molecule has 0 bridgehead atoms. The lowest BCUT2D eigenvalue weighted by Crippen LogP contribution is -2.52. The molecule has 2 saturated heterocycles. The number of hydrogen-bond donors (Lipinski definition) is 2. The number of anilines is 1. The van der Waals surface area contributed by atoms with Crippen molar-refractivity contribution in [2.75, 3.05) is 18.0 Å². The third-order valence-corrected chi connectivity index (χ3v) is 6.95. The number of ether oxygens (including phenoxy) is 1. The fourth-order valence-corrected chi connectivity index (χ4v) is 4.19. The molecule has 10 nitrogen and oxygen atoms in total. The minimum atomic E-state index is -0.690. The SMILES string of the molecule is CC(C)[C@H](NC(=O)OC(C)(C)C)C(=O)NC[C@@H]1CCCN1c1ncc(B2OC(C)(C)C(C)(C)O2)cn1. The van der Waals surface area contributed by atoms with Gasteiger partial charge in [0.2, 0.25) is 11.9 Å². The van der Waals surface area contributed by atoms with Crippen molar-refractivity contribution in [2.45, 2.75) is 104 Å². The van der Waals surface area contributed by atoms with Gasteiger partial charge in [-0.1, -0.05) is 13.8 Å². The van der Waals surface area contributed by atoms with Gasteiger partial charge < -0.3 is 29.6 Å². The molecule has 0 radical (unpaired) electrons. The fraction of sp³-hybridized carbons (Fsp3) is 0.760. The van der Waals surface area contributed by atoms with Crippen LogP contribution in [0.25, 0.3) is 0 Å². The first-order valence-corrected chi connectivity index (χ1v) is 12.8. The number of carbonyl (C=O) groups excluding carboxylic acids is 2. The van der Waals surface area contributed by atoms with Crippen LogP contribution in [0.4, 0.5) is 10.7 Å². The van der Waals surface area contributed by atoms with Crippen LogP contribution in [0.2, 0.25) is 0 Å². The molecule has 0 aliphatic carbocycles. The standard InChI is InChI=1S/C25H42BN5O5/c1-16(2)19(30-22(33)34-23(3,4)5)20(32)27-15-18-11-10-12-31(18)21-28-13-17(14-29-21)26-35-24(6,7)25(8,9)36-26/h13-14,16,18-19H,10-12,15H2,1-9H3,(H,27,32)(H,30,33)/t18-,19-/m0/s1. The second-order valence-corrected chi connectivity index (χ2v) is 12.0. The molecule has 2 N–H and O–H groups in total. The highest BCUT2D eigenvalue weighted by Gasteiger charge is 2.52. The predicted octanol–water partition coefficient (Wildman–Crippen LogP) is 2.41. The molecule has 1 aromatic heterocycles. The van der Waals surface area contributed by atoms with E-state index in [2.05, 4.69) is 25.5 Å². The third-order valence-electron chi connectivity index (χ3n) is 6.95. The number of nitrogens with one attached hydrogen (secondary N) is 2. The Morgan fingerprint density at radius 2 is 1.75 bits per heavy atom. The van der Waals surface area contributed by atoms with Crippen LogP contribution in [0.3, 0.4) is 0 Å². The minimum absolute atomic E-state index is 0.0611. The van der Waals surface area contributed by atoms with Crippen molar-refractivity contribution >= 4 is 30.5 Å². The van der Waals surface area contributed by atoms with E-state index in [-0.39, 0.29) is 17.9 Å². The summed E-state index contributed by atoms with van der Waals surface area (Å²) in [6.07, 6.45) is 4.78. The Morgan fingerprint density at radius 1 is 1.17 bits per heavy atom. The van der Waals surface area contributed by atoms with Gasteiger partial charge in [-0.25, -0.2) is 14.8 Å². The fourth-order valence-electron chi connectivity index (χ4n) is 4.19. The Balaban J connectivity index is 1.59. The van der Waals surface area contributed by atoms with Crippen LogP contribution in [-0.2, 0) is 18.8 Å². The lowest BCUT2D eigenvalue weighted by Gasteiger charge is -2.32. The quantitative estimate of drug-likeness (QED) is 0.546. The van der Waals surface area contributed by atoms with Crippen LogP contribution in [0.15, 0.2) is 12.4 Å². The summed E-state index contributed by atoms with van der Waals surface area (Å²) in [5, 5.41) is 5.70. The van der Waals surface area contributed by atoms with Crippen LogP contribution in [-0.4, -0.2) is 71.1 Å². The van der Waals surface area contributed by atoms with Gasteiger partial charge in [0.25, 0.3) is 0 Å². The molecular weight excluding hydrogens is 461 g/mol. The van der Waals surface area contributed by atoms with Crippen LogP contribution in [0, 0.1) is 5.92 Å². The normalized spacial score (nSPS) is 22.0. The van der Waals surface area contributed by atoms with Crippen LogP contribution in [0.5, 0.6) is 0 Å². The van der Waals surface area contributed by atoms with Crippen molar-refractivity contribution in [2.24, 2.45) is 5.92 Å². The van der Waals surface area contributed by atoms with Gasteiger partial charge in [0, 0.05) is 37.0 Å². The summed E-state index contributed by atoms with van der Waals surface area (Å²) in [4.78, 5) is 36.4. The minimum Gasteiger partial charge on any atom is -0.444 e. The first kappa shape index (κ1) is 28.2. The summed E-state index contributed by atoms with van der Waals surface area (Å²) in [7, 11) is -0.511. The molecule has 0 spiro atoms. The van der Waals surface area contributed by atoms with E-state index in [4.69, 9.17) is 14.0 Å². The van der Waals surface area contributed by atoms with E-state index in [1.165, 1.54) is 0 Å². The van der Waals surface area contributed by atoms with Crippen molar-refractivity contribution in [3.63, 3.8) is 0 Å². The zero-order valence-corrected chi connectivity index (χ0v) is 23.2. The largest absolute Gasteiger partial charge is 0.498 e. The number of hydrogen-bond acceptors (Lipinski definition) is 8. The summed E-state index contributed by atoms with van der Waals surface area (Å²) in [6.45, 7) is 18.4. The maximum absolute atomic E-state index is 12.9. The summed E-state index contributed by atoms with van der Waals surface area (Å²) >= 11 is 0. The van der Waals surface area contributed by atoms with E-state index in [1.54, 1.807) is 33.2 Å². The molecule has 2 amide bonds. The van der Waals surface area contributed by atoms with Gasteiger partial charge >= 0.3 is 13.2 Å². The number of amides is 2. The van der Waals surface area contributed by atoms with Crippen molar-refractivity contribution in [1.29, 1.82) is 0 Å². The van der Waals surface area contributed by atoms with E-state index in [1.807, 2.05) is 41.5 Å². The highest BCUT2D eigenvalue weighted by molar-refractivity contribution is 6.61. The molecule has 3 rings (SSSR count). The zero-order valence-electron chi connectivity index (χ0n) is 23.2. The van der Waals surface area contributed by atoms with Gasteiger partial charge in [0.15, 0.2) is 0 Å². The molecule has 11 heteroatoms. The van der Waals surface area contributed by atoms with Gasteiger partial charge in [-0.2, -0.15) is 0 Å². The van der Waals surface area contributed by atoms with Gasteiger partial charge in [-0.15, -0.1) is 0 Å². The monoisotopic (exact) mass is 503 g/mol. The van der Waals surface area contributed by atoms with E-state index in [0.29, 0.717) is 12.5 Å². The molecule has 3 heterocycles. The first-order chi connectivity index (χ1) is 16.6. The lowest BCUT2D eigenvalue weighted by molar-refractivity contribution is -0.124. The maximum atomic E-state index is 12.9. The molecular formula is C25H42BN5O5. The molecule has 1 aromatic rings. The van der Waals surface area contributed by atoms with Crippen molar-refractivity contribution in [3.05, 3.63) is 12.4 Å². The second kappa shape index (κ2) is 10.5. The predicted molar refractivity (Wildman–Crippen MR) is 139 cm³/mol. The Labute approximate surface area is 215 Å². The second-order valence-electron chi connectivity index (χ2n) is 12.0. The number of carbonyl (C=O) groups is 2. The summed E-state index contributed by atoms with van der Waals surface area (Å²) in [5.74, 6) is 0.280. The Kier molecular flexibility index (Phi) is 8.25. The van der Waals surface area contributed by atoms with Gasteiger partial charge in [-0.3, -0.25) is 4.79 Å². The summed E-state index contributed by atoms with van der Waals surface area (Å²) < 4.78 is 17.5.